The number of hydrogen-bond donors (Lipinski definition) is 2. The third-order valence-corrected chi connectivity index (χ3v) is 2.47. The quantitative estimate of drug-likeness (QED) is 0.705. The number of carbonyl (C=O) groups is 2. The van der Waals surface area contributed by atoms with Gasteiger partial charge in [-0.2, -0.15) is 0 Å². The van der Waals surface area contributed by atoms with Crippen LogP contribution >= 0.6 is 0 Å². The molecule has 2 N–H and O–H groups in total. The van der Waals surface area contributed by atoms with E-state index in [4.69, 9.17) is 5.11 Å². The summed E-state index contributed by atoms with van der Waals surface area (Å²) in [5, 5.41) is 11.4. The topological polar surface area (TPSA) is 72.9 Å². The maximum atomic E-state index is 11.7. The molecular formula is C12H25N3O3. The van der Waals surface area contributed by atoms with Crippen LogP contribution < -0.4 is 5.32 Å². The molecule has 106 valence electrons. The molecule has 0 radical (unpaired) electrons. The lowest BCUT2D eigenvalue weighted by Gasteiger charge is -2.29. The summed E-state index contributed by atoms with van der Waals surface area (Å²) in [5.41, 5.74) is -0.0210. The van der Waals surface area contributed by atoms with E-state index in [-0.39, 0.29) is 24.4 Å². The number of urea groups is 1. The lowest BCUT2D eigenvalue weighted by Crippen LogP contribution is -2.45. The van der Waals surface area contributed by atoms with Gasteiger partial charge >= 0.3 is 12.0 Å². The van der Waals surface area contributed by atoms with Gasteiger partial charge in [0.1, 0.15) is 0 Å². The summed E-state index contributed by atoms with van der Waals surface area (Å²) in [7, 11) is 5.57. The van der Waals surface area contributed by atoms with Crippen molar-refractivity contribution in [2.75, 3.05) is 40.8 Å². The molecule has 0 aliphatic carbocycles. The van der Waals surface area contributed by atoms with Crippen LogP contribution in [0, 0.1) is 5.41 Å². The lowest BCUT2D eigenvalue weighted by atomic mass is 9.93. The number of rotatable bonds is 7. The Hall–Kier alpha value is -1.30. The van der Waals surface area contributed by atoms with E-state index in [2.05, 4.69) is 24.1 Å². The van der Waals surface area contributed by atoms with Crippen molar-refractivity contribution in [3.8, 4) is 0 Å². The van der Waals surface area contributed by atoms with Gasteiger partial charge in [0.15, 0.2) is 0 Å². The minimum absolute atomic E-state index is 0.0210. The summed E-state index contributed by atoms with van der Waals surface area (Å²) in [6, 6.07) is -0.233. The first kappa shape index (κ1) is 16.7. The van der Waals surface area contributed by atoms with Gasteiger partial charge in [-0.15, -0.1) is 0 Å². The van der Waals surface area contributed by atoms with Crippen molar-refractivity contribution in [1.82, 2.24) is 15.1 Å². The smallest absolute Gasteiger partial charge is 0.317 e. The van der Waals surface area contributed by atoms with Gasteiger partial charge in [0.2, 0.25) is 0 Å². The van der Waals surface area contributed by atoms with Gasteiger partial charge in [-0.3, -0.25) is 4.79 Å². The molecule has 2 amide bonds. The first-order valence-corrected chi connectivity index (χ1v) is 5.99. The van der Waals surface area contributed by atoms with Gasteiger partial charge in [-0.05, 0) is 19.5 Å². The Labute approximate surface area is 109 Å². The number of nitrogens with one attached hydrogen (secondary N) is 1. The van der Waals surface area contributed by atoms with Gasteiger partial charge in [-0.1, -0.05) is 13.8 Å². The van der Waals surface area contributed by atoms with Crippen molar-refractivity contribution in [3.05, 3.63) is 0 Å². The Kier molecular flexibility index (Phi) is 6.68. The van der Waals surface area contributed by atoms with Crippen LogP contribution in [0.3, 0.4) is 0 Å². The molecule has 6 nitrogen and oxygen atoms in total. The molecule has 0 aromatic rings. The minimum atomic E-state index is -0.900. The SMILES string of the molecule is CN(C)CC(C)(C)CNC(=O)N(C)CCC(=O)O. The van der Waals surface area contributed by atoms with Crippen LogP contribution in [-0.4, -0.2) is 67.7 Å². The summed E-state index contributed by atoms with van der Waals surface area (Å²) in [5.74, 6) is -0.900. The molecule has 0 unspecified atom stereocenters. The summed E-state index contributed by atoms with van der Waals surface area (Å²) in [4.78, 5) is 25.6. The molecule has 6 heteroatoms. The Bertz CT molecular complexity index is 290. The van der Waals surface area contributed by atoms with Crippen LogP contribution in [-0.2, 0) is 4.79 Å². The highest BCUT2D eigenvalue weighted by atomic mass is 16.4. The fraction of sp³-hybridized carbons (Fsp3) is 0.833. The highest BCUT2D eigenvalue weighted by Crippen LogP contribution is 2.14. The third kappa shape index (κ3) is 7.89. The molecule has 0 saturated carbocycles. The van der Waals surface area contributed by atoms with E-state index in [0.29, 0.717) is 6.54 Å². The largest absolute Gasteiger partial charge is 0.481 e. The Balaban J connectivity index is 4.05. The second-order valence-corrected chi connectivity index (χ2v) is 5.63. The average molecular weight is 259 g/mol. The third-order valence-electron chi connectivity index (χ3n) is 2.47. The number of hydrogen-bond acceptors (Lipinski definition) is 3. The zero-order valence-corrected chi connectivity index (χ0v) is 12.0. The van der Waals surface area contributed by atoms with Gasteiger partial charge in [0, 0.05) is 26.7 Å². The molecule has 0 aromatic heterocycles. The van der Waals surface area contributed by atoms with Crippen LogP contribution in [0.4, 0.5) is 4.79 Å². The zero-order chi connectivity index (χ0) is 14.3. The number of aliphatic carboxylic acids is 1. The van der Waals surface area contributed by atoms with Crippen molar-refractivity contribution in [2.45, 2.75) is 20.3 Å². The number of carboxylic acids is 1. The number of carboxylic acid groups (broad SMARTS) is 1. The summed E-state index contributed by atoms with van der Waals surface area (Å²) in [6.07, 6.45) is -0.0367. The highest BCUT2D eigenvalue weighted by molar-refractivity contribution is 5.75. The fourth-order valence-electron chi connectivity index (χ4n) is 1.73. The number of carbonyl (C=O) groups excluding carboxylic acids is 1. The summed E-state index contributed by atoms with van der Waals surface area (Å²) < 4.78 is 0. The Morgan fingerprint density at radius 2 is 1.78 bits per heavy atom. The molecule has 0 saturated heterocycles. The minimum Gasteiger partial charge on any atom is -0.481 e. The van der Waals surface area contributed by atoms with Gasteiger partial charge in [-0.25, -0.2) is 4.79 Å². The molecule has 0 fully saturated rings. The molecule has 0 aliphatic rings. The standard InChI is InChI=1S/C12H25N3O3/c1-12(2,9-14(3)4)8-13-11(18)15(5)7-6-10(16)17/h6-9H2,1-5H3,(H,13,18)(H,16,17). The Morgan fingerprint density at radius 1 is 1.22 bits per heavy atom. The predicted octanol–water partition coefficient (Wildman–Crippen LogP) is 0.690. The average Bonchev–Trinajstić information content (AvgIpc) is 2.20. The molecule has 0 spiro atoms. The molecular weight excluding hydrogens is 234 g/mol. The first-order valence-electron chi connectivity index (χ1n) is 5.99. The molecule has 0 heterocycles. The molecule has 18 heavy (non-hydrogen) atoms. The van der Waals surface area contributed by atoms with Crippen LogP contribution in [0.5, 0.6) is 0 Å². The zero-order valence-electron chi connectivity index (χ0n) is 12.0. The molecule has 0 atom stereocenters. The van der Waals surface area contributed by atoms with Crippen molar-refractivity contribution in [1.29, 1.82) is 0 Å². The normalized spacial score (nSPS) is 11.4. The van der Waals surface area contributed by atoms with Crippen LogP contribution in [0.2, 0.25) is 0 Å². The molecule has 0 aliphatic heterocycles. The number of nitrogens with zero attached hydrogens (tertiary/aromatic N) is 2. The van der Waals surface area contributed by atoms with Crippen LogP contribution in [0.1, 0.15) is 20.3 Å². The van der Waals surface area contributed by atoms with E-state index < -0.39 is 5.97 Å². The van der Waals surface area contributed by atoms with E-state index in [1.807, 2.05) is 14.1 Å². The van der Waals surface area contributed by atoms with E-state index in [1.165, 1.54) is 4.90 Å². The monoisotopic (exact) mass is 259 g/mol. The van der Waals surface area contributed by atoms with Crippen molar-refractivity contribution < 1.29 is 14.7 Å². The summed E-state index contributed by atoms with van der Waals surface area (Å²) >= 11 is 0. The van der Waals surface area contributed by atoms with Crippen molar-refractivity contribution >= 4 is 12.0 Å². The van der Waals surface area contributed by atoms with Crippen LogP contribution in [0.15, 0.2) is 0 Å². The maximum Gasteiger partial charge on any atom is 0.317 e. The van der Waals surface area contributed by atoms with E-state index in [1.54, 1.807) is 7.05 Å². The molecule has 0 aromatic carbocycles. The fourth-order valence-corrected chi connectivity index (χ4v) is 1.73. The van der Waals surface area contributed by atoms with E-state index >= 15 is 0 Å². The Morgan fingerprint density at radius 3 is 2.22 bits per heavy atom. The van der Waals surface area contributed by atoms with Crippen molar-refractivity contribution in [2.24, 2.45) is 5.41 Å². The van der Waals surface area contributed by atoms with Crippen molar-refractivity contribution in [3.63, 3.8) is 0 Å². The number of amides is 2. The van der Waals surface area contributed by atoms with Crippen LogP contribution in [0.25, 0.3) is 0 Å². The van der Waals surface area contributed by atoms with Gasteiger partial charge in [0.05, 0.1) is 6.42 Å². The second kappa shape index (κ2) is 7.20. The van der Waals surface area contributed by atoms with E-state index in [0.717, 1.165) is 6.54 Å². The van der Waals surface area contributed by atoms with Gasteiger partial charge in [0.25, 0.3) is 0 Å². The highest BCUT2D eigenvalue weighted by Gasteiger charge is 2.20. The molecule has 0 rings (SSSR count). The molecule has 0 bridgehead atoms. The first-order chi connectivity index (χ1) is 8.14. The van der Waals surface area contributed by atoms with Gasteiger partial charge < -0.3 is 20.2 Å². The predicted molar refractivity (Wildman–Crippen MR) is 70.6 cm³/mol. The lowest BCUT2D eigenvalue weighted by molar-refractivity contribution is -0.137. The summed E-state index contributed by atoms with van der Waals surface area (Å²) in [6.45, 7) is 5.79. The second-order valence-electron chi connectivity index (χ2n) is 5.63. The van der Waals surface area contributed by atoms with E-state index in [9.17, 15) is 9.59 Å². The maximum absolute atomic E-state index is 11.7.